The fraction of sp³-hybridized carbons (Fsp3) is 0.458. The van der Waals surface area contributed by atoms with Gasteiger partial charge < -0.3 is 10.1 Å². The van der Waals surface area contributed by atoms with E-state index in [0.717, 1.165) is 24.2 Å². The zero-order chi connectivity index (χ0) is 26.3. The monoisotopic (exact) mass is 555 g/mol. The maximum absolute atomic E-state index is 12.8. The Morgan fingerprint density at radius 1 is 1.00 bits per heavy atom. The van der Waals surface area contributed by atoms with Crippen molar-refractivity contribution in [3.8, 4) is 5.75 Å². The van der Waals surface area contributed by atoms with Crippen LogP contribution in [0.1, 0.15) is 33.1 Å². The first-order valence-corrected chi connectivity index (χ1v) is 15.9. The first-order chi connectivity index (χ1) is 17.0. The van der Waals surface area contributed by atoms with Gasteiger partial charge in [0.15, 0.2) is 0 Å². The third-order valence-corrected chi connectivity index (χ3v) is 9.87. The highest BCUT2D eigenvalue weighted by atomic mass is 32.2. The summed E-state index contributed by atoms with van der Waals surface area (Å²) in [4.78, 5) is 13.1. The van der Waals surface area contributed by atoms with Crippen LogP contribution < -0.4 is 14.8 Å². The number of ether oxygens (including phenoxy) is 1. The van der Waals surface area contributed by atoms with Crippen molar-refractivity contribution < 1.29 is 26.4 Å². The number of sulfonamides is 2. The Kier molecular flexibility index (Phi) is 9.81. The van der Waals surface area contributed by atoms with Crippen LogP contribution in [0.25, 0.3) is 0 Å². The zero-order valence-electron chi connectivity index (χ0n) is 20.7. The van der Waals surface area contributed by atoms with Crippen LogP contribution in [0.2, 0.25) is 0 Å². The van der Waals surface area contributed by atoms with E-state index in [1.54, 1.807) is 32.0 Å². The molecular weight excluding hydrogens is 522 g/mol. The minimum Gasteiger partial charge on any atom is -0.492 e. The molecule has 12 heteroatoms. The van der Waals surface area contributed by atoms with Crippen LogP contribution in [-0.4, -0.2) is 59.5 Å². The summed E-state index contributed by atoms with van der Waals surface area (Å²) in [5, 5.41) is 2.78. The Balaban J connectivity index is 1.57. The van der Waals surface area contributed by atoms with Gasteiger partial charge in [0.1, 0.15) is 12.4 Å². The van der Waals surface area contributed by atoms with E-state index >= 15 is 0 Å². The molecule has 0 spiro atoms. The summed E-state index contributed by atoms with van der Waals surface area (Å²) < 4.78 is 60.6. The number of carbonyl (C=O) groups excluding carboxylic acids is 1. The average molecular weight is 556 g/mol. The minimum atomic E-state index is -3.83. The molecule has 1 fully saturated rings. The van der Waals surface area contributed by atoms with E-state index < -0.39 is 20.0 Å². The molecule has 0 radical (unpaired) electrons. The third kappa shape index (κ3) is 7.22. The number of rotatable bonds is 11. The predicted molar refractivity (Wildman–Crippen MR) is 141 cm³/mol. The normalized spacial score (nSPS) is 15.1. The van der Waals surface area contributed by atoms with Gasteiger partial charge in [-0.15, -0.1) is 11.8 Å². The summed E-state index contributed by atoms with van der Waals surface area (Å²) >= 11 is 1.41. The molecule has 1 saturated heterocycles. The maximum atomic E-state index is 12.8. The van der Waals surface area contributed by atoms with Gasteiger partial charge in [0.05, 0.1) is 15.5 Å². The van der Waals surface area contributed by atoms with Crippen molar-refractivity contribution in [1.29, 1.82) is 0 Å². The zero-order valence-corrected chi connectivity index (χ0v) is 23.1. The highest BCUT2D eigenvalue weighted by Crippen LogP contribution is 2.29. The molecule has 1 aliphatic rings. The molecule has 3 rings (SSSR count). The van der Waals surface area contributed by atoms with Crippen molar-refractivity contribution in [1.82, 2.24) is 9.03 Å². The summed E-state index contributed by atoms with van der Waals surface area (Å²) in [6, 6.07) is 10.7. The topological polar surface area (TPSA) is 122 Å². The fourth-order valence-corrected chi connectivity index (χ4v) is 6.71. The molecule has 2 aromatic carbocycles. The first-order valence-electron chi connectivity index (χ1n) is 11.8. The van der Waals surface area contributed by atoms with E-state index in [-0.39, 0.29) is 34.8 Å². The lowest BCUT2D eigenvalue weighted by Crippen LogP contribution is -2.35. The molecule has 1 aliphatic heterocycles. The lowest BCUT2D eigenvalue weighted by molar-refractivity contribution is -0.118. The van der Waals surface area contributed by atoms with Crippen LogP contribution in [0.5, 0.6) is 5.75 Å². The highest BCUT2D eigenvalue weighted by Gasteiger charge is 2.25. The second-order valence-corrected chi connectivity index (χ2v) is 13.2. The molecule has 0 aliphatic carbocycles. The number of hydrogen-bond donors (Lipinski definition) is 2. The van der Waals surface area contributed by atoms with E-state index in [0.29, 0.717) is 24.5 Å². The van der Waals surface area contributed by atoms with Gasteiger partial charge in [0, 0.05) is 30.4 Å². The summed E-state index contributed by atoms with van der Waals surface area (Å²) in [6.45, 7) is 4.65. The predicted octanol–water partition coefficient (Wildman–Crippen LogP) is 3.53. The van der Waals surface area contributed by atoms with Crippen LogP contribution in [0.15, 0.2) is 57.2 Å². The Hall–Kier alpha value is -2.12. The van der Waals surface area contributed by atoms with Crippen molar-refractivity contribution >= 4 is 43.4 Å². The number of nitrogens with zero attached hydrogens (tertiary/aromatic N) is 1. The average Bonchev–Trinajstić information content (AvgIpc) is 2.87. The molecule has 0 atom stereocenters. The quantitative estimate of drug-likeness (QED) is 0.321. The summed E-state index contributed by atoms with van der Waals surface area (Å²) in [5.41, 5.74) is 0.444. The summed E-state index contributed by atoms with van der Waals surface area (Å²) in [7, 11) is -7.35. The van der Waals surface area contributed by atoms with Gasteiger partial charge in [-0.2, -0.15) is 4.31 Å². The number of anilines is 1. The number of amides is 1. The highest BCUT2D eigenvalue weighted by molar-refractivity contribution is 7.98. The lowest BCUT2D eigenvalue weighted by atomic mass is 10.2. The smallest absolute Gasteiger partial charge is 0.243 e. The molecule has 2 aromatic rings. The Morgan fingerprint density at radius 2 is 1.64 bits per heavy atom. The molecule has 0 bridgehead atoms. The number of thioether (sulfide) groups is 1. The van der Waals surface area contributed by atoms with Crippen molar-refractivity contribution in [2.75, 3.05) is 37.8 Å². The van der Waals surface area contributed by atoms with E-state index in [4.69, 9.17) is 4.74 Å². The van der Waals surface area contributed by atoms with E-state index in [2.05, 4.69) is 10.0 Å². The van der Waals surface area contributed by atoms with Gasteiger partial charge in [-0.05, 0) is 61.6 Å². The van der Waals surface area contributed by atoms with Crippen molar-refractivity contribution in [2.24, 2.45) is 5.92 Å². The summed E-state index contributed by atoms with van der Waals surface area (Å²) in [6.07, 6.45) is 4.62. The van der Waals surface area contributed by atoms with E-state index in [9.17, 15) is 21.6 Å². The molecule has 0 aromatic heterocycles. The van der Waals surface area contributed by atoms with Crippen molar-refractivity contribution in [3.05, 3.63) is 42.5 Å². The lowest BCUT2D eigenvalue weighted by Gasteiger charge is -2.25. The molecule has 2 N–H and O–H groups in total. The second-order valence-electron chi connectivity index (χ2n) is 8.69. The van der Waals surface area contributed by atoms with Crippen molar-refractivity contribution in [2.45, 2.75) is 47.8 Å². The maximum Gasteiger partial charge on any atom is 0.243 e. The Labute approximate surface area is 218 Å². The second kappa shape index (κ2) is 12.4. The van der Waals surface area contributed by atoms with Gasteiger partial charge in [-0.1, -0.05) is 20.3 Å². The van der Waals surface area contributed by atoms with Crippen LogP contribution in [0.4, 0.5) is 5.69 Å². The van der Waals surface area contributed by atoms with Gasteiger partial charge in [0.2, 0.25) is 26.0 Å². The van der Waals surface area contributed by atoms with Gasteiger partial charge in [0.25, 0.3) is 0 Å². The van der Waals surface area contributed by atoms with Crippen LogP contribution in [0, 0.1) is 5.92 Å². The number of carbonyl (C=O) groups is 1. The largest absolute Gasteiger partial charge is 0.492 e. The van der Waals surface area contributed by atoms with Crippen molar-refractivity contribution in [3.63, 3.8) is 0 Å². The van der Waals surface area contributed by atoms with Gasteiger partial charge in [-0.25, -0.2) is 21.6 Å². The molecule has 0 saturated carbocycles. The molecule has 1 amide bonds. The molecular formula is C24H33N3O6S3. The molecule has 9 nitrogen and oxygen atoms in total. The van der Waals surface area contributed by atoms with E-state index in [1.165, 1.54) is 40.3 Å². The molecule has 0 unspecified atom stereocenters. The molecule has 36 heavy (non-hydrogen) atoms. The van der Waals surface area contributed by atoms with E-state index in [1.807, 2.05) is 6.26 Å². The Morgan fingerprint density at radius 3 is 2.25 bits per heavy atom. The number of benzene rings is 2. The number of nitrogens with one attached hydrogen (secondary N) is 2. The third-order valence-electron chi connectivity index (χ3n) is 5.70. The van der Waals surface area contributed by atoms with Crippen LogP contribution in [-0.2, 0) is 24.8 Å². The standard InChI is InChI=1S/C24H33N3O6S3/c1-18(2)24(28)26-22-17-21(11-12-23(22)34-3)35(29,30)25-13-16-33-19-7-9-20(10-8-19)36(31,32)27-14-5-4-6-15-27/h7-12,17-18,25H,4-6,13-16H2,1-3H3,(H,26,28). The summed E-state index contributed by atoms with van der Waals surface area (Å²) in [5.74, 6) is -0.0000567. The van der Waals surface area contributed by atoms with Gasteiger partial charge >= 0.3 is 0 Å². The minimum absolute atomic E-state index is 0.00806. The number of hydrogen-bond acceptors (Lipinski definition) is 7. The molecule has 1 heterocycles. The number of piperidine rings is 1. The first kappa shape index (κ1) is 28.5. The van der Waals surface area contributed by atoms with Crippen LogP contribution in [0.3, 0.4) is 0 Å². The van der Waals surface area contributed by atoms with Gasteiger partial charge in [-0.3, -0.25) is 4.79 Å². The SMILES string of the molecule is CSc1ccc(S(=O)(=O)NCCOc2ccc(S(=O)(=O)N3CCCCC3)cc2)cc1NC(=O)C(C)C. The molecule has 198 valence electrons. The fourth-order valence-electron chi connectivity index (χ4n) is 3.62. The van der Waals surface area contributed by atoms with Crippen LogP contribution >= 0.6 is 11.8 Å². The Bertz CT molecular complexity index is 1260.